The van der Waals surface area contributed by atoms with Crippen molar-refractivity contribution in [3.63, 3.8) is 0 Å². The van der Waals surface area contributed by atoms with Crippen molar-refractivity contribution in [3.05, 3.63) is 40.3 Å². The van der Waals surface area contributed by atoms with Crippen molar-refractivity contribution in [2.24, 2.45) is 5.92 Å². The second-order valence-electron chi connectivity index (χ2n) is 8.08. The number of nitrogens with one attached hydrogen (secondary N) is 2. The van der Waals surface area contributed by atoms with Crippen molar-refractivity contribution < 1.29 is 17.6 Å². The van der Waals surface area contributed by atoms with Crippen molar-refractivity contribution in [1.82, 2.24) is 20.1 Å². The zero-order valence-corrected chi connectivity index (χ0v) is 19.0. The molecule has 1 heterocycles. The lowest BCUT2D eigenvalue weighted by Gasteiger charge is -2.25. The highest BCUT2D eigenvalue weighted by molar-refractivity contribution is 7.89. The average molecular weight is 459 g/mol. The van der Waals surface area contributed by atoms with Crippen LogP contribution in [0, 0.1) is 11.7 Å². The van der Waals surface area contributed by atoms with E-state index in [4.69, 9.17) is 11.6 Å². The number of nitrogens with zero attached hydrogens (tertiary/aromatic N) is 2. The number of sulfonamides is 1. The number of hydrazine groups is 1. The molecule has 1 unspecified atom stereocenters. The lowest BCUT2D eigenvalue weighted by Crippen LogP contribution is -2.44. The first-order valence-corrected chi connectivity index (χ1v) is 12.1. The summed E-state index contributed by atoms with van der Waals surface area (Å²) in [6, 6.07) is 2.83. The van der Waals surface area contributed by atoms with Gasteiger partial charge in [0.1, 0.15) is 0 Å². The number of carbonyl (C=O) groups is 1. The number of rotatable bonds is 6. The maximum Gasteiger partial charge on any atom is 0.269 e. The third kappa shape index (κ3) is 5.07. The Kier molecular flexibility index (Phi) is 6.94. The van der Waals surface area contributed by atoms with Gasteiger partial charge in [0.2, 0.25) is 10.0 Å². The molecule has 1 fully saturated rings. The molecule has 0 bridgehead atoms. The molecule has 0 spiro atoms. The first kappa shape index (κ1) is 22.8. The van der Waals surface area contributed by atoms with E-state index in [1.165, 1.54) is 12.1 Å². The fourth-order valence-corrected chi connectivity index (χ4v) is 5.45. The Hall–Kier alpha value is -1.84. The maximum absolute atomic E-state index is 14.5. The van der Waals surface area contributed by atoms with Gasteiger partial charge in [0, 0.05) is 25.9 Å². The maximum atomic E-state index is 14.5. The van der Waals surface area contributed by atoms with Crippen molar-refractivity contribution >= 4 is 33.2 Å². The molecular weight excluding hydrogens is 431 g/mol. The lowest BCUT2D eigenvalue weighted by molar-refractivity contribution is 0.0941. The summed E-state index contributed by atoms with van der Waals surface area (Å²) in [4.78, 5) is 18.6. The molecule has 1 aromatic carbocycles. The van der Waals surface area contributed by atoms with E-state index in [0.29, 0.717) is 5.56 Å². The Balaban J connectivity index is 1.74. The van der Waals surface area contributed by atoms with Crippen molar-refractivity contribution in [3.8, 4) is 0 Å². The van der Waals surface area contributed by atoms with E-state index in [2.05, 4.69) is 10.3 Å². The summed E-state index contributed by atoms with van der Waals surface area (Å²) in [7, 11) is 0.0760. The molecule has 1 aliphatic heterocycles. The molecule has 30 heavy (non-hydrogen) atoms. The summed E-state index contributed by atoms with van der Waals surface area (Å²) in [6.45, 7) is 2.00. The smallest absolute Gasteiger partial charge is 0.269 e. The van der Waals surface area contributed by atoms with Crippen LogP contribution in [0.4, 0.5) is 4.39 Å². The van der Waals surface area contributed by atoms with Crippen molar-refractivity contribution in [1.29, 1.82) is 0 Å². The molecule has 7 nitrogen and oxygen atoms in total. The van der Waals surface area contributed by atoms with E-state index in [9.17, 15) is 17.6 Å². The van der Waals surface area contributed by atoms with E-state index in [0.717, 1.165) is 37.8 Å². The van der Waals surface area contributed by atoms with Crippen LogP contribution in [-0.2, 0) is 10.0 Å². The molecule has 1 aliphatic carbocycles. The molecule has 1 saturated carbocycles. The van der Waals surface area contributed by atoms with Crippen LogP contribution in [0.1, 0.15) is 54.9 Å². The fraction of sp³-hybridized carbons (Fsp3) is 0.550. The number of hydrogen-bond acceptors (Lipinski definition) is 5. The van der Waals surface area contributed by atoms with Crippen LogP contribution < -0.4 is 10.3 Å². The minimum atomic E-state index is -3.72. The number of hydrogen-bond donors (Lipinski definition) is 2. The summed E-state index contributed by atoms with van der Waals surface area (Å²) >= 11 is 6.03. The zero-order valence-electron chi connectivity index (χ0n) is 17.4. The van der Waals surface area contributed by atoms with Gasteiger partial charge in [-0.1, -0.05) is 30.9 Å². The van der Waals surface area contributed by atoms with Crippen LogP contribution in [0.3, 0.4) is 0 Å². The van der Waals surface area contributed by atoms with Gasteiger partial charge >= 0.3 is 0 Å². The van der Waals surface area contributed by atoms with Crippen molar-refractivity contribution in [2.45, 2.75) is 45.2 Å². The molecule has 166 valence electrons. The monoisotopic (exact) mass is 458 g/mol. The van der Waals surface area contributed by atoms with Crippen LogP contribution in [-0.4, -0.2) is 50.1 Å². The van der Waals surface area contributed by atoms with Gasteiger partial charge in [0.15, 0.2) is 5.82 Å². The number of amides is 1. The molecule has 0 radical (unpaired) electrons. The summed E-state index contributed by atoms with van der Waals surface area (Å²) in [5, 5.41) is -0.209. The third-order valence-electron chi connectivity index (χ3n) is 5.92. The third-order valence-corrected chi connectivity index (χ3v) is 7.52. The van der Waals surface area contributed by atoms with E-state index in [1.807, 2.05) is 37.0 Å². The highest BCUT2D eigenvalue weighted by Crippen LogP contribution is 2.31. The predicted octanol–water partition coefficient (Wildman–Crippen LogP) is 3.15. The highest BCUT2D eigenvalue weighted by Gasteiger charge is 2.27. The van der Waals surface area contributed by atoms with Crippen molar-refractivity contribution in [2.75, 3.05) is 19.8 Å². The fourth-order valence-electron chi connectivity index (χ4n) is 3.94. The first-order chi connectivity index (χ1) is 14.1. The minimum Gasteiger partial charge on any atom is -0.359 e. The quantitative estimate of drug-likeness (QED) is 0.640. The van der Waals surface area contributed by atoms with Gasteiger partial charge < -0.3 is 9.80 Å². The van der Waals surface area contributed by atoms with Crippen LogP contribution in [0.5, 0.6) is 0 Å². The van der Waals surface area contributed by atoms with Crippen LogP contribution in [0.2, 0.25) is 5.02 Å². The molecule has 2 N–H and O–H groups in total. The van der Waals surface area contributed by atoms with Gasteiger partial charge in [-0.25, -0.2) is 12.8 Å². The molecule has 10 heteroatoms. The largest absolute Gasteiger partial charge is 0.359 e. The molecule has 1 amide bonds. The number of halogens is 2. The van der Waals surface area contributed by atoms with Gasteiger partial charge in [-0.2, -0.15) is 0 Å². The van der Waals surface area contributed by atoms with Crippen LogP contribution in [0.15, 0.2) is 18.3 Å². The summed E-state index contributed by atoms with van der Waals surface area (Å²) in [5.41, 5.74) is 3.14. The van der Waals surface area contributed by atoms with Gasteiger partial charge in [0.25, 0.3) is 5.91 Å². The number of benzene rings is 1. The topological polar surface area (TPSA) is 81.8 Å². The predicted molar refractivity (Wildman–Crippen MR) is 115 cm³/mol. The van der Waals surface area contributed by atoms with Gasteiger partial charge in [-0.05, 0) is 37.8 Å². The summed E-state index contributed by atoms with van der Waals surface area (Å²) < 4.78 is 39.2. The zero-order chi connectivity index (χ0) is 22.1. The molecular formula is C20H28ClFN4O3S. The standard InChI is InChI=1S/C20H28ClFN4O3S/c1-13-25(2)11-18(26(13)3)15-9-16(19(22)17(21)10-15)20(27)23-24-30(28,29)12-14-7-5-4-6-8-14/h9-11,13-14,24H,4-8,12H2,1-3H3,(H,23,27). The Morgan fingerprint density at radius 3 is 2.50 bits per heavy atom. The van der Waals surface area contributed by atoms with Gasteiger partial charge in [0.05, 0.1) is 28.2 Å². The molecule has 0 aromatic heterocycles. The minimum absolute atomic E-state index is 0.0571. The first-order valence-electron chi connectivity index (χ1n) is 10.0. The second-order valence-corrected chi connectivity index (χ2v) is 10.3. The molecule has 2 aliphatic rings. The summed E-state index contributed by atoms with van der Waals surface area (Å²) in [6.07, 6.45) is 6.84. The lowest BCUT2D eigenvalue weighted by atomic mass is 9.91. The average Bonchev–Trinajstić information content (AvgIpc) is 2.96. The van der Waals surface area contributed by atoms with E-state index >= 15 is 0 Å². The molecule has 1 atom stereocenters. The number of carbonyl (C=O) groups excluding carboxylic acids is 1. The highest BCUT2D eigenvalue weighted by atomic mass is 35.5. The van der Waals surface area contributed by atoms with Crippen LogP contribution in [0.25, 0.3) is 5.70 Å². The van der Waals surface area contributed by atoms with Gasteiger partial charge in [-0.3, -0.25) is 10.2 Å². The van der Waals surface area contributed by atoms with E-state index in [-0.39, 0.29) is 28.4 Å². The molecule has 3 rings (SSSR count). The van der Waals surface area contributed by atoms with Gasteiger partial charge in [-0.15, -0.1) is 4.83 Å². The van der Waals surface area contributed by atoms with Crippen LogP contribution >= 0.6 is 11.6 Å². The Morgan fingerprint density at radius 1 is 1.23 bits per heavy atom. The molecule has 1 aromatic rings. The van der Waals surface area contributed by atoms with E-state index < -0.39 is 21.7 Å². The Labute approximate surface area is 182 Å². The second kappa shape index (κ2) is 9.11. The van der Waals surface area contributed by atoms with E-state index in [1.54, 1.807) is 0 Å². The Bertz CT molecular complexity index is 948. The Morgan fingerprint density at radius 2 is 1.90 bits per heavy atom. The molecule has 0 saturated heterocycles. The summed E-state index contributed by atoms with van der Waals surface area (Å²) in [5.74, 6) is -1.77. The SMILES string of the molecule is CC1N(C)C=C(c2cc(Cl)c(F)c(C(=O)NNS(=O)(=O)CC3CCCCC3)c2)N1C. The normalized spacial score (nSPS) is 20.4.